The van der Waals surface area contributed by atoms with E-state index in [0.717, 1.165) is 33.4 Å². The highest BCUT2D eigenvalue weighted by Gasteiger charge is 2.55. The van der Waals surface area contributed by atoms with E-state index in [0.29, 0.717) is 56.2 Å². The van der Waals surface area contributed by atoms with Crippen molar-refractivity contribution >= 4 is 62.5 Å². The molecule has 394 valence electrons. The Hall–Kier alpha value is -8.25. The van der Waals surface area contributed by atoms with Gasteiger partial charge in [-0.2, -0.15) is 4.99 Å². The molecule has 23 heteroatoms. The molecule has 0 spiro atoms. The molecule has 1 aliphatic carbocycles. The molecule has 5 aliphatic rings. The van der Waals surface area contributed by atoms with Crippen LogP contribution < -0.4 is 79.5 Å². The summed E-state index contributed by atoms with van der Waals surface area (Å²) < 4.78 is 78.8. The summed E-state index contributed by atoms with van der Waals surface area (Å²) in [5.74, 6) is 1.02. The summed E-state index contributed by atoms with van der Waals surface area (Å²) in [4.78, 5) is 7.86. The van der Waals surface area contributed by atoms with E-state index in [4.69, 9.17) is 70.1 Å². The lowest BCUT2D eigenvalue weighted by molar-refractivity contribution is 0.423. The van der Waals surface area contributed by atoms with Crippen molar-refractivity contribution in [2.75, 3.05) is 0 Å². The predicted molar refractivity (Wildman–Crippen MR) is 308 cm³/mol. The van der Waals surface area contributed by atoms with Crippen molar-refractivity contribution in [3.05, 3.63) is 199 Å². The number of allylic oxidation sites excluding steroid dienone is 4. The van der Waals surface area contributed by atoms with Crippen molar-refractivity contribution < 1.29 is 36.4 Å². The third-order valence-corrected chi connectivity index (χ3v) is 22.8. The molecule has 12 rings (SSSR count). The number of guanidine groups is 1. The Morgan fingerprint density at radius 1 is 0.551 bits per heavy atom. The van der Waals surface area contributed by atoms with Gasteiger partial charge in [0.05, 0.1) is 15.9 Å². The zero-order valence-corrected chi connectivity index (χ0v) is 44.8. The molecule has 16 N–H and O–H groups in total. The number of amidine groups is 2. The summed E-state index contributed by atoms with van der Waals surface area (Å²) >= 11 is 0. The van der Waals surface area contributed by atoms with Crippen LogP contribution in [-0.2, 0) is 18.3 Å². The molecule has 0 amide bonds. The molecule has 0 bridgehead atoms. The number of fused-ring (bicyclic) bond motifs is 12. The largest absolute Gasteiger partial charge is 0.436 e. The minimum absolute atomic E-state index is 0.233. The van der Waals surface area contributed by atoms with Gasteiger partial charge >= 0.3 is 29.5 Å². The summed E-state index contributed by atoms with van der Waals surface area (Å²) in [5.41, 5.74) is 42.9. The summed E-state index contributed by atoms with van der Waals surface area (Å²) in [6, 6.07) is 52.6. The van der Waals surface area contributed by atoms with Crippen LogP contribution in [0.15, 0.2) is 203 Å². The van der Waals surface area contributed by atoms with Crippen LogP contribution in [0.2, 0.25) is 0 Å². The van der Waals surface area contributed by atoms with Crippen LogP contribution in [0.3, 0.4) is 0 Å². The Morgan fingerprint density at radius 3 is 1.47 bits per heavy atom. The van der Waals surface area contributed by atoms with Gasteiger partial charge in [0.1, 0.15) is 23.0 Å². The number of nitrogens with two attached hydrogens (primary N) is 7. The van der Waals surface area contributed by atoms with E-state index in [9.17, 15) is 18.3 Å². The van der Waals surface area contributed by atoms with Crippen molar-refractivity contribution in [2.24, 2.45) is 50.1 Å². The Kier molecular flexibility index (Phi) is 13.8. The number of hydrogen-bond donors (Lipinski definition) is 9. The standard InChI is InChI=1S/C26H24N4O4P2.C15H14N3O2P.C14H13N4O2P/c27-25(35(31)23-15-7-3-11-19(23)17-9-1-5-13-21(17)33-35)30-26(28,29)36(32)24-16-8-4-12-20(24)18-10-2-6-14-22(18)34-36;1-2-18-15(16,17)21(19)14-10-6-4-8-12(14)11-7-3-5-9-13(11)20-21;15-13(16)18-14(17)21(19)12-8-4-2-6-10(12)9-5-1-3-7-11(9)20-21/h1-11,13-16,20H,12,28-29H2,(H2,27,30);1,3-10,18H,16-17H2;1-8H,(H5,15,16,17,18). The van der Waals surface area contributed by atoms with E-state index in [2.05, 4.69) is 21.3 Å². The van der Waals surface area contributed by atoms with Crippen molar-refractivity contribution in [3.8, 4) is 68.8 Å². The lowest BCUT2D eigenvalue weighted by Crippen LogP contribution is -2.61. The van der Waals surface area contributed by atoms with Gasteiger partial charge in [-0.1, -0.05) is 152 Å². The normalized spacial score (nSPS) is 22.9. The van der Waals surface area contributed by atoms with Crippen LogP contribution >= 0.6 is 29.5 Å². The van der Waals surface area contributed by atoms with Gasteiger partial charge in [0.25, 0.3) is 5.53 Å². The van der Waals surface area contributed by atoms with Gasteiger partial charge in [0.2, 0.25) is 22.6 Å². The summed E-state index contributed by atoms with van der Waals surface area (Å²) in [6.45, 7) is 0. The van der Waals surface area contributed by atoms with Gasteiger partial charge in [0.15, 0.2) is 0 Å². The molecule has 0 saturated carbocycles. The van der Waals surface area contributed by atoms with Crippen LogP contribution in [0.1, 0.15) is 17.9 Å². The molecule has 4 aliphatic heterocycles. The molecule has 0 saturated heterocycles. The van der Waals surface area contributed by atoms with Crippen molar-refractivity contribution in [1.29, 1.82) is 5.41 Å². The van der Waals surface area contributed by atoms with Crippen LogP contribution in [0.4, 0.5) is 0 Å². The molecule has 7 aromatic carbocycles. The molecule has 0 radical (unpaired) electrons. The molecule has 5 atom stereocenters. The minimum Gasteiger partial charge on any atom is -0.436 e. The summed E-state index contributed by atoms with van der Waals surface area (Å²) in [5, 5.41) is 11.3. The maximum atomic E-state index is 14.5. The number of terminal acetylenes is 1. The first-order valence-corrected chi connectivity index (χ1v) is 30.4. The monoisotopic (exact) mass is 1120 g/mol. The molecule has 0 fully saturated rings. The zero-order valence-electron chi connectivity index (χ0n) is 41.3. The van der Waals surface area contributed by atoms with E-state index < -0.39 is 52.1 Å². The average Bonchev–Trinajstić information content (AvgIpc) is 3.54. The minimum atomic E-state index is -4.04. The third kappa shape index (κ3) is 9.04. The fourth-order valence-electron chi connectivity index (χ4n) is 9.58. The van der Waals surface area contributed by atoms with E-state index in [1.54, 1.807) is 97.1 Å². The number of rotatable bonds is 6. The fourth-order valence-corrected chi connectivity index (χ4v) is 17.9. The molecule has 4 heterocycles. The van der Waals surface area contributed by atoms with E-state index >= 15 is 0 Å². The van der Waals surface area contributed by atoms with Crippen LogP contribution in [0.25, 0.3) is 33.4 Å². The SMILES string of the molecule is C#CNC(N)(N)P1(=O)Oc2ccccc2-c2ccccc21.N=C(N)N=C(N)P1(=O)Oc2ccccc2-c2ccccc21.NC(=NC(N)(N)P1(=O)Oc2ccccc2C2CC=CC=C21)P1(=O)Oc2ccccc2-c2ccccc21. The third-order valence-electron chi connectivity index (χ3n) is 13.2. The quantitative estimate of drug-likeness (QED) is 0.0190. The van der Waals surface area contributed by atoms with Crippen molar-refractivity contribution in [2.45, 2.75) is 23.4 Å². The second-order valence-electron chi connectivity index (χ2n) is 18.2. The van der Waals surface area contributed by atoms with Gasteiger partial charge in [-0.05, 0) is 65.6 Å². The highest BCUT2D eigenvalue weighted by molar-refractivity contribution is 7.84. The second kappa shape index (κ2) is 20.3. The summed E-state index contributed by atoms with van der Waals surface area (Å²) in [6.07, 6.45) is 11.3. The van der Waals surface area contributed by atoms with Crippen LogP contribution in [0.5, 0.6) is 23.0 Å². The Labute approximate surface area is 448 Å². The Morgan fingerprint density at radius 2 is 0.962 bits per heavy atom. The first-order chi connectivity index (χ1) is 37.3. The Bertz CT molecular complexity index is 3980. The molecule has 19 nitrogen and oxygen atoms in total. The lowest BCUT2D eigenvalue weighted by atomic mass is 9.91. The molecule has 78 heavy (non-hydrogen) atoms. The van der Waals surface area contributed by atoms with Crippen LogP contribution in [0, 0.1) is 17.9 Å². The number of nitrogens with zero attached hydrogens (tertiary/aromatic N) is 2. The first-order valence-electron chi connectivity index (χ1n) is 23.9. The molecule has 5 unspecified atom stereocenters. The second-order valence-corrected chi connectivity index (χ2v) is 27.6. The van der Waals surface area contributed by atoms with Gasteiger partial charge in [-0.3, -0.25) is 46.6 Å². The highest BCUT2D eigenvalue weighted by Crippen LogP contribution is 2.70. The predicted octanol–water partition coefficient (Wildman–Crippen LogP) is 8.01. The average molecular weight is 1120 g/mol. The van der Waals surface area contributed by atoms with E-state index in [1.165, 1.54) is 0 Å². The highest BCUT2D eigenvalue weighted by atomic mass is 31.2. The first kappa shape index (κ1) is 53.2. The molecular formula is C55H51N11O8P4. The smallest absolute Gasteiger partial charge is 0.341 e. The van der Waals surface area contributed by atoms with E-state index in [1.807, 2.05) is 91.0 Å². The number of hydrogen-bond acceptors (Lipinski definition) is 15. The maximum absolute atomic E-state index is 14.5. The number of benzene rings is 7. The van der Waals surface area contributed by atoms with E-state index in [-0.39, 0.29) is 11.5 Å². The van der Waals surface area contributed by atoms with Crippen LogP contribution in [-0.4, -0.2) is 28.2 Å². The number of nitrogens with one attached hydrogen (secondary N) is 2. The summed E-state index contributed by atoms with van der Waals surface area (Å²) in [7, 11) is -15.2. The van der Waals surface area contributed by atoms with Crippen molar-refractivity contribution in [3.63, 3.8) is 0 Å². The van der Waals surface area contributed by atoms with Gasteiger partial charge in [0, 0.05) is 39.5 Å². The molecule has 7 aromatic rings. The van der Waals surface area contributed by atoms with Crippen molar-refractivity contribution in [1.82, 2.24) is 5.32 Å². The lowest BCUT2D eigenvalue weighted by Gasteiger charge is -2.40. The van der Waals surface area contributed by atoms with Gasteiger partial charge < -0.3 is 40.6 Å². The molecular weight excluding hydrogens is 1070 g/mol. The maximum Gasteiger partial charge on any atom is 0.341 e. The zero-order chi connectivity index (χ0) is 55.3. The number of aliphatic imine (C=N–C) groups is 2. The van der Waals surface area contributed by atoms with Gasteiger partial charge in [-0.25, -0.2) is 4.99 Å². The molecule has 0 aromatic heterocycles. The van der Waals surface area contributed by atoms with Gasteiger partial charge in [-0.15, -0.1) is 0 Å². The fraction of sp³-hybridized carbons (Fsp3) is 0.0727. The topological polar surface area (TPSA) is 348 Å². The number of para-hydroxylation sites is 4. The Balaban J connectivity index is 0.000000141.